The Morgan fingerprint density at radius 1 is 1.25 bits per heavy atom. The first-order valence-electron chi connectivity index (χ1n) is 7.35. The van der Waals surface area contributed by atoms with Gasteiger partial charge in [0, 0.05) is 47.1 Å². The van der Waals surface area contributed by atoms with Crippen LogP contribution in [0.3, 0.4) is 0 Å². The van der Waals surface area contributed by atoms with E-state index in [0.717, 1.165) is 28.7 Å². The molecule has 1 unspecified atom stereocenters. The van der Waals surface area contributed by atoms with Crippen LogP contribution in [0.25, 0.3) is 10.8 Å². The molecule has 0 saturated carbocycles. The standard InChI is InChI=1S/C16H22N4/c1-12(11-20-8-2-3-9-20)19-16-5-4-15(17)13-6-7-18-10-14(13)16/h4-7,10,12,19H,2-3,8-9,11,17H2,1H3. The molecule has 1 saturated heterocycles. The molecule has 0 bridgehead atoms. The molecule has 0 spiro atoms. The zero-order valence-electron chi connectivity index (χ0n) is 12.0. The van der Waals surface area contributed by atoms with Crippen molar-refractivity contribution in [2.45, 2.75) is 25.8 Å². The highest BCUT2D eigenvalue weighted by Crippen LogP contribution is 2.27. The van der Waals surface area contributed by atoms with Gasteiger partial charge in [-0.3, -0.25) is 4.98 Å². The van der Waals surface area contributed by atoms with E-state index in [1.807, 2.05) is 18.3 Å². The molecule has 3 rings (SSSR count). The average molecular weight is 270 g/mol. The lowest BCUT2D eigenvalue weighted by Crippen LogP contribution is -2.33. The molecule has 1 aromatic heterocycles. The minimum Gasteiger partial charge on any atom is -0.398 e. The first-order chi connectivity index (χ1) is 9.74. The Morgan fingerprint density at radius 3 is 2.85 bits per heavy atom. The fourth-order valence-electron chi connectivity index (χ4n) is 3.00. The number of hydrogen-bond acceptors (Lipinski definition) is 4. The summed E-state index contributed by atoms with van der Waals surface area (Å²) in [6.07, 6.45) is 6.34. The summed E-state index contributed by atoms with van der Waals surface area (Å²) in [5.74, 6) is 0. The van der Waals surface area contributed by atoms with Crippen LogP contribution in [0.5, 0.6) is 0 Å². The van der Waals surface area contributed by atoms with Gasteiger partial charge in [0.1, 0.15) is 0 Å². The van der Waals surface area contributed by atoms with Gasteiger partial charge in [0.2, 0.25) is 0 Å². The summed E-state index contributed by atoms with van der Waals surface area (Å²) in [6, 6.07) is 6.41. The maximum Gasteiger partial charge on any atom is 0.0439 e. The quantitative estimate of drug-likeness (QED) is 0.839. The van der Waals surface area contributed by atoms with Crippen LogP contribution in [0.4, 0.5) is 11.4 Å². The molecule has 1 aliphatic rings. The van der Waals surface area contributed by atoms with E-state index in [4.69, 9.17) is 5.73 Å². The zero-order valence-corrected chi connectivity index (χ0v) is 12.0. The number of nitrogens with zero attached hydrogens (tertiary/aromatic N) is 2. The molecule has 2 aromatic rings. The Kier molecular flexibility index (Phi) is 3.74. The molecule has 1 atom stereocenters. The molecule has 1 aliphatic heterocycles. The van der Waals surface area contributed by atoms with Crippen molar-refractivity contribution < 1.29 is 0 Å². The van der Waals surface area contributed by atoms with Crippen LogP contribution >= 0.6 is 0 Å². The van der Waals surface area contributed by atoms with Gasteiger partial charge < -0.3 is 16.0 Å². The topological polar surface area (TPSA) is 54.2 Å². The maximum absolute atomic E-state index is 6.02. The summed E-state index contributed by atoms with van der Waals surface area (Å²) in [4.78, 5) is 6.74. The van der Waals surface area contributed by atoms with Crippen molar-refractivity contribution in [3.05, 3.63) is 30.6 Å². The molecule has 0 radical (unpaired) electrons. The SMILES string of the molecule is CC(CN1CCCC1)Nc1ccc(N)c2ccncc12. The number of nitrogens with one attached hydrogen (secondary N) is 1. The van der Waals surface area contributed by atoms with Gasteiger partial charge in [-0.2, -0.15) is 0 Å². The van der Waals surface area contributed by atoms with Crippen LogP contribution in [0.15, 0.2) is 30.6 Å². The van der Waals surface area contributed by atoms with E-state index in [0.29, 0.717) is 6.04 Å². The van der Waals surface area contributed by atoms with Crippen LogP contribution < -0.4 is 11.1 Å². The van der Waals surface area contributed by atoms with Crippen LogP contribution in [0, 0.1) is 0 Å². The number of hydrogen-bond donors (Lipinski definition) is 2. The number of benzene rings is 1. The molecule has 0 amide bonds. The van der Waals surface area contributed by atoms with Crippen molar-refractivity contribution in [3.8, 4) is 0 Å². The lowest BCUT2D eigenvalue weighted by atomic mass is 10.1. The van der Waals surface area contributed by atoms with Gasteiger partial charge >= 0.3 is 0 Å². The number of nitrogen functional groups attached to an aromatic ring is 1. The molecule has 1 aromatic carbocycles. The van der Waals surface area contributed by atoms with E-state index in [-0.39, 0.29) is 0 Å². The number of anilines is 2. The van der Waals surface area contributed by atoms with E-state index in [1.54, 1.807) is 6.20 Å². The summed E-state index contributed by atoms with van der Waals surface area (Å²) in [7, 11) is 0. The fraction of sp³-hybridized carbons (Fsp3) is 0.438. The molecule has 4 nitrogen and oxygen atoms in total. The summed E-state index contributed by atoms with van der Waals surface area (Å²) in [6.45, 7) is 5.79. The van der Waals surface area contributed by atoms with Gasteiger partial charge in [-0.1, -0.05) is 0 Å². The van der Waals surface area contributed by atoms with E-state index in [1.165, 1.54) is 25.9 Å². The third-order valence-corrected chi connectivity index (χ3v) is 3.98. The third kappa shape index (κ3) is 2.70. The van der Waals surface area contributed by atoms with Gasteiger partial charge in [-0.25, -0.2) is 0 Å². The minimum atomic E-state index is 0.417. The van der Waals surface area contributed by atoms with E-state index in [9.17, 15) is 0 Å². The zero-order chi connectivity index (χ0) is 13.9. The molecule has 1 fully saturated rings. The highest BCUT2D eigenvalue weighted by Gasteiger charge is 2.15. The fourth-order valence-corrected chi connectivity index (χ4v) is 3.00. The Labute approximate surface area is 120 Å². The van der Waals surface area contributed by atoms with E-state index in [2.05, 4.69) is 28.2 Å². The maximum atomic E-state index is 6.02. The Bertz CT molecular complexity index is 590. The highest BCUT2D eigenvalue weighted by molar-refractivity contribution is 6.00. The van der Waals surface area contributed by atoms with E-state index >= 15 is 0 Å². The molecule has 4 heteroatoms. The first-order valence-corrected chi connectivity index (χ1v) is 7.35. The monoisotopic (exact) mass is 270 g/mol. The molecule has 0 aliphatic carbocycles. The third-order valence-electron chi connectivity index (χ3n) is 3.98. The van der Waals surface area contributed by atoms with Crippen molar-refractivity contribution in [1.29, 1.82) is 0 Å². The predicted octanol–water partition coefficient (Wildman–Crippen LogP) is 2.71. The molecule has 20 heavy (non-hydrogen) atoms. The summed E-state index contributed by atoms with van der Waals surface area (Å²) in [5, 5.41) is 5.77. The Balaban J connectivity index is 1.78. The van der Waals surface area contributed by atoms with Gasteiger partial charge in [-0.05, 0) is 51.1 Å². The Morgan fingerprint density at radius 2 is 2.05 bits per heavy atom. The summed E-state index contributed by atoms with van der Waals surface area (Å²) < 4.78 is 0. The smallest absolute Gasteiger partial charge is 0.0439 e. The number of likely N-dealkylation sites (tertiary alicyclic amines) is 1. The molecule has 106 valence electrons. The van der Waals surface area contributed by atoms with E-state index < -0.39 is 0 Å². The largest absolute Gasteiger partial charge is 0.398 e. The lowest BCUT2D eigenvalue weighted by molar-refractivity contribution is 0.328. The van der Waals surface area contributed by atoms with Crippen molar-refractivity contribution >= 4 is 22.1 Å². The number of fused-ring (bicyclic) bond motifs is 1. The second kappa shape index (κ2) is 5.67. The van der Waals surface area contributed by atoms with Crippen LogP contribution in [-0.4, -0.2) is 35.6 Å². The van der Waals surface area contributed by atoms with Gasteiger partial charge in [-0.15, -0.1) is 0 Å². The highest BCUT2D eigenvalue weighted by atomic mass is 15.2. The minimum absolute atomic E-state index is 0.417. The summed E-state index contributed by atoms with van der Waals surface area (Å²) in [5.41, 5.74) is 7.95. The Hall–Kier alpha value is -1.81. The molecular weight excluding hydrogens is 248 g/mol. The van der Waals surface area contributed by atoms with Crippen molar-refractivity contribution in [2.24, 2.45) is 0 Å². The van der Waals surface area contributed by atoms with Gasteiger partial charge in [0.05, 0.1) is 0 Å². The molecular formula is C16H22N4. The molecule has 2 heterocycles. The number of aromatic nitrogens is 1. The normalized spacial score (nSPS) is 17.4. The van der Waals surface area contributed by atoms with Crippen molar-refractivity contribution in [3.63, 3.8) is 0 Å². The van der Waals surface area contributed by atoms with Crippen LogP contribution in [-0.2, 0) is 0 Å². The number of nitrogens with two attached hydrogens (primary N) is 1. The van der Waals surface area contributed by atoms with Gasteiger partial charge in [0.25, 0.3) is 0 Å². The first kappa shape index (κ1) is 13.2. The van der Waals surface area contributed by atoms with Crippen molar-refractivity contribution in [2.75, 3.05) is 30.7 Å². The van der Waals surface area contributed by atoms with Gasteiger partial charge in [0.15, 0.2) is 0 Å². The second-order valence-corrected chi connectivity index (χ2v) is 5.68. The van der Waals surface area contributed by atoms with Crippen LogP contribution in [0.2, 0.25) is 0 Å². The number of pyridine rings is 1. The predicted molar refractivity (Wildman–Crippen MR) is 84.9 cm³/mol. The van der Waals surface area contributed by atoms with Crippen LogP contribution in [0.1, 0.15) is 19.8 Å². The second-order valence-electron chi connectivity index (χ2n) is 5.68. The average Bonchev–Trinajstić information content (AvgIpc) is 2.95. The molecule has 3 N–H and O–H groups in total. The van der Waals surface area contributed by atoms with Crippen molar-refractivity contribution in [1.82, 2.24) is 9.88 Å². The summed E-state index contributed by atoms with van der Waals surface area (Å²) >= 11 is 0. The lowest BCUT2D eigenvalue weighted by Gasteiger charge is -2.23. The number of rotatable bonds is 4.